The van der Waals surface area contributed by atoms with Gasteiger partial charge in [0, 0.05) is 25.1 Å². The molecule has 0 bridgehead atoms. The molecule has 8 heteroatoms. The van der Waals surface area contributed by atoms with Gasteiger partial charge in [0.2, 0.25) is 0 Å². The van der Waals surface area contributed by atoms with Gasteiger partial charge in [-0.3, -0.25) is 10.1 Å². The average Bonchev–Trinajstić information content (AvgIpc) is 2.37. The molecule has 0 saturated carbocycles. The summed E-state index contributed by atoms with van der Waals surface area (Å²) in [4.78, 5) is 9.91. The first-order valence-electron chi connectivity index (χ1n) is 6.03. The molecule has 0 heterocycles. The Kier molecular flexibility index (Phi) is 6.23. The third-order valence-corrected chi connectivity index (χ3v) is 2.41. The molecule has 0 aliphatic heterocycles. The molecule has 0 saturated heterocycles. The van der Waals surface area contributed by atoms with Crippen LogP contribution in [0.4, 0.5) is 18.9 Å². The molecule has 0 aromatic heterocycles. The molecule has 0 amide bonds. The summed E-state index contributed by atoms with van der Waals surface area (Å²) in [6, 6.07) is 5.60. The van der Waals surface area contributed by atoms with E-state index >= 15 is 0 Å². The van der Waals surface area contributed by atoms with E-state index < -0.39 is 17.5 Å². The molecular formula is C12H15F3N2O3. The second-order valence-corrected chi connectivity index (χ2v) is 4.07. The van der Waals surface area contributed by atoms with Crippen molar-refractivity contribution < 1.29 is 22.8 Å². The highest BCUT2D eigenvalue weighted by molar-refractivity contribution is 5.35. The minimum Gasteiger partial charge on any atom is -0.492 e. The zero-order chi connectivity index (χ0) is 15.0. The van der Waals surface area contributed by atoms with E-state index in [1.54, 1.807) is 0 Å². The predicted octanol–water partition coefficient (Wildman–Crippen LogP) is 2.91. The number of halogens is 3. The maximum atomic E-state index is 11.8. The summed E-state index contributed by atoms with van der Waals surface area (Å²) >= 11 is 0. The molecule has 1 aromatic carbocycles. The van der Waals surface area contributed by atoms with E-state index in [0.717, 1.165) is 0 Å². The molecule has 20 heavy (non-hydrogen) atoms. The van der Waals surface area contributed by atoms with Crippen molar-refractivity contribution in [2.24, 2.45) is 0 Å². The van der Waals surface area contributed by atoms with E-state index in [1.807, 2.05) is 0 Å². The van der Waals surface area contributed by atoms with Crippen LogP contribution in [-0.2, 0) is 0 Å². The summed E-state index contributed by atoms with van der Waals surface area (Å²) in [5.74, 6) is 0.479. The van der Waals surface area contributed by atoms with Crippen LogP contribution in [0.1, 0.15) is 12.8 Å². The Morgan fingerprint density at radius 3 is 2.40 bits per heavy atom. The second kappa shape index (κ2) is 7.68. The number of nitrogens with one attached hydrogen (secondary N) is 1. The summed E-state index contributed by atoms with van der Waals surface area (Å²) in [5.41, 5.74) is -0.0253. The van der Waals surface area contributed by atoms with Gasteiger partial charge < -0.3 is 10.1 Å². The highest BCUT2D eigenvalue weighted by Crippen LogP contribution is 2.20. The molecule has 1 aromatic rings. The maximum Gasteiger partial charge on any atom is 0.389 e. The first-order valence-corrected chi connectivity index (χ1v) is 6.03. The number of nitro benzene ring substituents is 1. The van der Waals surface area contributed by atoms with Gasteiger partial charge in [0.1, 0.15) is 12.4 Å². The van der Waals surface area contributed by atoms with Gasteiger partial charge in [-0.25, -0.2) is 0 Å². The van der Waals surface area contributed by atoms with Crippen molar-refractivity contribution in [3.63, 3.8) is 0 Å². The molecular weight excluding hydrogens is 277 g/mol. The van der Waals surface area contributed by atoms with Crippen LogP contribution in [0.2, 0.25) is 0 Å². The molecule has 0 radical (unpaired) electrons. The minimum absolute atomic E-state index is 0.0253. The van der Waals surface area contributed by atoms with E-state index in [9.17, 15) is 23.3 Å². The summed E-state index contributed by atoms with van der Waals surface area (Å²) in [5, 5.41) is 13.2. The molecule has 0 atom stereocenters. The Morgan fingerprint density at radius 2 is 1.85 bits per heavy atom. The van der Waals surface area contributed by atoms with Gasteiger partial charge in [0.15, 0.2) is 0 Å². The van der Waals surface area contributed by atoms with Crippen LogP contribution in [0.5, 0.6) is 5.75 Å². The Bertz CT molecular complexity index is 421. The quantitative estimate of drug-likeness (QED) is 0.454. The third-order valence-electron chi connectivity index (χ3n) is 2.41. The van der Waals surface area contributed by atoms with E-state index in [1.165, 1.54) is 24.3 Å². The van der Waals surface area contributed by atoms with Crippen LogP contribution in [0.15, 0.2) is 24.3 Å². The number of alkyl halides is 3. The number of rotatable bonds is 8. The molecule has 0 fully saturated rings. The van der Waals surface area contributed by atoms with E-state index in [4.69, 9.17) is 4.74 Å². The van der Waals surface area contributed by atoms with E-state index in [2.05, 4.69) is 5.32 Å². The SMILES string of the molecule is O=[N+]([O-])c1ccc(OCCNCCCC(F)(F)F)cc1. The lowest BCUT2D eigenvalue weighted by Gasteiger charge is -2.08. The standard InChI is InChI=1S/C12H15F3N2O3/c13-12(14,15)6-1-7-16-8-9-20-11-4-2-10(3-5-11)17(18)19/h2-5,16H,1,6-9H2. The largest absolute Gasteiger partial charge is 0.492 e. The van der Waals surface area contributed by atoms with Crippen molar-refractivity contribution in [2.75, 3.05) is 19.7 Å². The highest BCUT2D eigenvalue weighted by atomic mass is 19.4. The fourth-order valence-corrected chi connectivity index (χ4v) is 1.44. The fraction of sp³-hybridized carbons (Fsp3) is 0.500. The summed E-state index contributed by atoms with van der Waals surface area (Å²) < 4.78 is 40.8. The summed E-state index contributed by atoms with van der Waals surface area (Å²) in [6.45, 7) is 0.960. The number of hydrogen-bond donors (Lipinski definition) is 1. The Balaban J connectivity index is 2.11. The molecule has 1 N–H and O–H groups in total. The van der Waals surface area contributed by atoms with Gasteiger partial charge in [-0.1, -0.05) is 0 Å². The van der Waals surface area contributed by atoms with E-state index in [0.29, 0.717) is 12.3 Å². The number of nitrogens with zero attached hydrogens (tertiary/aromatic N) is 1. The Hall–Kier alpha value is -1.83. The topological polar surface area (TPSA) is 64.4 Å². The molecule has 0 spiro atoms. The van der Waals surface area contributed by atoms with Crippen molar-refractivity contribution in [1.82, 2.24) is 5.32 Å². The van der Waals surface area contributed by atoms with Crippen LogP contribution < -0.4 is 10.1 Å². The van der Waals surface area contributed by atoms with Gasteiger partial charge in [0.25, 0.3) is 5.69 Å². The van der Waals surface area contributed by atoms with Crippen LogP contribution in [0.25, 0.3) is 0 Å². The van der Waals surface area contributed by atoms with E-state index in [-0.39, 0.29) is 25.3 Å². The molecule has 0 aliphatic carbocycles. The zero-order valence-electron chi connectivity index (χ0n) is 10.7. The molecule has 112 valence electrons. The Labute approximate surface area is 113 Å². The lowest BCUT2D eigenvalue weighted by atomic mass is 10.3. The van der Waals surface area contributed by atoms with Gasteiger partial charge in [-0.05, 0) is 25.1 Å². The first kappa shape index (κ1) is 16.2. The van der Waals surface area contributed by atoms with Crippen LogP contribution in [0.3, 0.4) is 0 Å². The summed E-state index contributed by atoms with van der Waals surface area (Å²) in [7, 11) is 0. The lowest BCUT2D eigenvalue weighted by Crippen LogP contribution is -2.23. The second-order valence-electron chi connectivity index (χ2n) is 4.07. The molecule has 5 nitrogen and oxygen atoms in total. The molecule has 0 aliphatic rings. The van der Waals surface area contributed by atoms with Crippen molar-refractivity contribution in [3.05, 3.63) is 34.4 Å². The van der Waals surface area contributed by atoms with Crippen LogP contribution in [-0.4, -0.2) is 30.8 Å². The fourth-order valence-electron chi connectivity index (χ4n) is 1.44. The van der Waals surface area contributed by atoms with Crippen molar-refractivity contribution in [3.8, 4) is 5.75 Å². The van der Waals surface area contributed by atoms with Crippen LogP contribution in [0, 0.1) is 10.1 Å². The highest BCUT2D eigenvalue weighted by Gasteiger charge is 2.25. The third kappa shape index (κ3) is 6.93. The van der Waals surface area contributed by atoms with Gasteiger partial charge in [-0.15, -0.1) is 0 Å². The van der Waals surface area contributed by atoms with Gasteiger partial charge in [0.05, 0.1) is 4.92 Å². The number of benzene rings is 1. The number of nitro groups is 1. The minimum atomic E-state index is -4.11. The normalized spacial score (nSPS) is 11.3. The van der Waals surface area contributed by atoms with Gasteiger partial charge in [-0.2, -0.15) is 13.2 Å². The van der Waals surface area contributed by atoms with Crippen molar-refractivity contribution in [1.29, 1.82) is 0 Å². The molecule has 0 unspecified atom stereocenters. The average molecular weight is 292 g/mol. The van der Waals surface area contributed by atoms with Gasteiger partial charge >= 0.3 is 6.18 Å². The number of hydrogen-bond acceptors (Lipinski definition) is 4. The first-order chi connectivity index (χ1) is 9.38. The number of ether oxygens (including phenoxy) is 1. The molecule has 1 rings (SSSR count). The Morgan fingerprint density at radius 1 is 1.20 bits per heavy atom. The number of non-ortho nitro benzene ring substituents is 1. The zero-order valence-corrected chi connectivity index (χ0v) is 10.7. The van der Waals surface area contributed by atoms with Crippen LogP contribution >= 0.6 is 0 Å². The summed E-state index contributed by atoms with van der Waals surface area (Å²) in [6.07, 6.45) is -4.89. The maximum absolute atomic E-state index is 11.8. The smallest absolute Gasteiger partial charge is 0.389 e. The predicted molar refractivity (Wildman–Crippen MR) is 66.8 cm³/mol. The lowest BCUT2D eigenvalue weighted by molar-refractivity contribution is -0.384. The van der Waals surface area contributed by atoms with Crippen molar-refractivity contribution >= 4 is 5.69 Å². The van der Waals surface area contributed by atoms with Crippen molar-refractivity contribution in [2.45, 2.75) is 19.0 Å². The monoisotopic (exact) mass is 292 g/mol.